The summed E-state index contributed by atoms with van der Waals surface area (Å²) in [4.78, 5) is 10.3. The lowest BCUT2D eigenvalue weighted by atomic mass is 10.3. The third-order valence-corrected chi connectivity index (χ3v) is 3.70. The van der Waals surface area contributed by atoms with Gasteiger partial charge >= 0.3 is 0 Å². The number of benzene rings is 2. The van der Waals surface area contributed by atoms with Crippen molar-refractivity contribution in [2.75, 3.05) is 18.5 Å². The van der Waals surface area contributed by atoms with Crippen LogP contribution < -0.4 is 10.1 Å². The molecule has 6 heteroatoms. The summed E-state index contributed by atoms with van der Waals surface area (Å²) in [6.45, 7) is 1.38. The Bertz CT molecular complexity index is 605. The first kappa shape index (κ1) is 15.6. The van der Waals surface area contributed by atoms with Gasteiger partial charge in [0.05, 0.1) is 11.5 Å². The van der Waals surface area contributed by atoms with Gasteiger partial charge in [-0.25, -0.2) is 0 Å². The number of nitrogens with one attached hydrogen (secondary N) is 1. The van der Waals surface area contributed by atoms with Crippen LogP contribution in [-0.2, 0) is 0 Å². The molecule has 0 unspecified atom stereocenters. The van der Waals surface area contributed by atoms with Crippen molar-refractivity contribution in [1.29, 1.82) is 0 Å². The third-order valence-electron chi connectivity index (χ3n) is 2.81. The van der Waals surface area contributed by atoms with Gasteiger partial charge in [0.1, 0.15) is 5.75 Å². The largest absolute Gasteiger partial charge is 0.494 e. The Morgan fingerprint density at radius 1 is 1.19 bits per heavy atom. The van der Waals surface area contributed by atoms with E-state index in [1.54, 1.807) is 12.1 Å². The van der Waals surface area contributed by atoms with Gasteiger partial charge in [-0.2, -0.15) is 0 Å². The van der Waals surface area contributed by atoms with E-state index in [1.807, 2.05) is 30.3 Å². The van der Waals surface area contributed by atoms with Gasteiger partial charge in [-0.05, 0) is 47.2 Å². The van der Waals surface area contributed by atoms with E-state index >= 15 is 0 Å². The standard InChI is InChI=1S/C15H15IN2O3/c16-14-11-12(18(19)20)7-8-15(14)17-9-4-10-21-13-5-2-1-3-6-13/h1-3,5-8,11,17H,4,9-10H2. The SMILES string of the molecule is O=[N+]([O-])c1ccc(NCCCOc2ccccc2)c(I)c1. The van der Waals surface area contributed by atoms with Crippen LogP contribution in [0.3, 0.4) is 0 Å². The van der Waals surface area contributed by atoms with E-state index < -0.39 is 0 Å². The van der Waals surface area contributed by atoms with Gasteiger partial charge in [0.2, 0.25) is 0 Å². The molecule has 0 fully saturated rings. The predicted octanol–water partition coefficient (Wildman–Crippen LogP) is 4.08. The molecule has 5 nitrogen and oxygen atoms in total. The smallest absolute Gasteiger partial charge is 0.270 e. The van der Waals surface area contributed by atoms with Crippen LogP contribution in [-0.4, -0.2) is 18.1 Å². The van der Waals surface area contributed by atoms with Crippen molar-refractivity contribution in [3.63, 3.8) is 0 Å². The fourth-order valence-electron chi connectivity index (χ4n) is 1.76. The lowest BCUT2D eigenvalue weighted by Crippen LogP contribution is -2.08. The second-order valence-electron chi connectivity index (χ2n) is 4.36. The van der Waals surface area contributed by atoms with Crippen LogP contribution in [0.4, 0.5) is 11.4 Å². The average Bonchev–Trinajstić information content (AvgIpc) is 2.49. The van der Waals surface area contributed by atoms with E-state index in [4.69, 9.17) is 4.74 Å². The number of nitrogens with zero attached hydrogens (tertiary/aromatic N) is 1. The molecular weight excluding hydrogens is 383 g/mol. The highest BCUT2D eigenvalue weighted by atomic mass is 127. The molecule has 1 N–H and O–H groups in total. The Labute approximate surface area is 136 Å². The van der Waals surface area contributed by atoms with Gasteiger partial charge < -0.3 is 10.1 Å². The number of anilines is 1. The number of ether oxygens (including phenoxy) is 1. The second-order valence-corrected chi connectivity index (χ2v) is 5.53. The molecule has 0 atom stereocenters. The summed E-state index contributed by atoms with van der Waals surface area (Å²) in [7, 11) is 0. The summed E-state index contributed by atoms with van der Waals surface area (Å²) in [6.07, 6.45) is 0.849. The topological polar surface area (TPSA) is 64.4 Å². The lowest BCUT2D eigenvalue weighted by Gasteiger charge is -2.09. The lowest BCUT2D eigenvalue weighted by molar-refractivity contribution is -0.384. The van der Waals surface area contributed by atoms with Gasteiger partial charge in [0, 0.05) is 27.9 Å². The molecule has 0 bridgehead atoms. The van der Waals surface area contributed by atoms with Crippen LogP contribution in [0, 0.1) is 13.7 Å². The summed E-state index contributed by atoms with van der Waals surface area (Å²) in [5.41, 5.74) is 1.01. The Balaban J connectivity index is 1.75. The first-order valence-electron chi connectivity index (χ1n) is 6.52. The highest BCUT2D eigenvalue weighted by Crippen LogP contribution is 2.23. The molecule has 0 aliphatic heterocycles. The molecule has 0 amide bonds. The van der Waals surface area contributed by atoms with E-state index in [0.29, 0.717) is 6.61 Å². The molecule has 2 aromatic carbocycles. The molecule has 110 valence electrons. The van der Waals surface area contributed by atoms with E-state index in [9.17, 15) is 10.1 Å². The van der Waals surface area contributed by atoms with Gasteiger partial charge in [-0.1, -0.05) is 18.2 Å². The molecule has 0 aliphatic rings. The zero-order valence-electron chi connectivity index (χ0n) is 11.3. The Morgan fingerprint density at radius 2 is 1.95 bits per heavy atom. The zero-order valence-corrected chi connectivity index (χ0v) is 13.4. The quantitative estimate of drug-likeness (QED) is 0.331. The van der Waals surface area contributed by atoms with Crippen LogP contribution in [0.5, 0.6) is 5.75 Å². The molecule has 0 saturated heterocycles. The summed E-state index contributed by atoms with van der Waals surface area (Å²) >= 11 is 2.09. The summed E-state index contributed by atoms with van der Waals surface area (Å²) in [5, 5.41) is 13.9. The average molecular weight is 398 g/mol. The van der Waals surface area contributed by atoms with E-state index in [1.165, 1.54) is 6.07 Å². The van der Waals surface area contributed by atoms with Gasteiger partial charge in [-0.3, -0.25) is 10.1 Å². The van der Waals surface area contributed by atoms with Crippen LogP contribution in [0.2, 0.25) is 0 Å². The monoisotopic (exact) mass is 398 g/mol. The minimum atomic E-state index is -0.389. The highest BCUT2D eigenvalue weighted by Gasteiger charge is 2.08. The maximum atomic E-state index is 10.7. The van der Waals surface area contributed by atoms with E-state index in [2.05, 4.69) is 27.9 Å². The molecule has 2 aromatic rings. The number of halogens is 1. The number of nitro benzene ring substituents is 1. The van der Waals surface area contributed by atoms with Gasteiger partial charge in [-0.15, -0.1) is 0 Å². The molecule has 2 rings (SSSR count). The molecule has 21 heavy (non-hydrogen) atoms. The number of rotatable bonds is 7. The summed E-state index contributed by atoms with van der Waals surface area (Å²) < 4.78 is 6.43. The Morgan fingerprint density at radius 3 is 2.62 bits per heavy atom. The second kappa shape index (κ2) is 7.82. The number of hydrogen-bond acceptors (Lipinski definition) is 4. The molecule has 0 saturated carbocycles. The fraction of sp³-hybridized carbons (Fsp3) is 0.200. The maximum absolute atomic E-state index is 10.7. The molecular formula is C15H15IN2O3. The number of hydrogen-bond donors (Lipinski definition) is 1. The van der Waals surface area contributed by atoms with Crippen LogP contribution in [0.1, 0.15) is 6.42 Å². The highest BCUT2D eigenvalue weighted by molar-refractivity contribution is 14.1. The minimum Gasteiger partial charge on any atom is -0.494 e. The molecule has 0 aromatic heterocycles. The van der Waals surface area contributed by atoms with Crippen molar-refractivity contribution in [3.8, 4) is 5.75 Å². The van der Waals surface area contributed by atoms with Crippen LogP contribution >= 0.6 is 22.6 Å². The van der Waals surface area contributed by atoms with Crippen LogP contribution in [0.25, 0.3) is 0 Å². The zero-order chi connectivity index (χ0) is 15.1. The normalized spacial score (nSPS) is 10.1. The van der Waals surface area contributed by atoms with Gasteiger partial charge in [0.15, 0.2) is 0 Å². The number of para-hydroxylation sites is 1. The third kappa shape index (κ3) is 4.89. The van der Waals surface area contributed by atoms with Crippen molar-refractivity contribution >= 4 is 34.0 Å². The predicted molar refractivity (Wildman–Crippen MR) is 90.9 cm³/mol. The maximum Gasteiger partial charge on any atom is 0.270 e. The number of non-ortho nitro benzene ring substituents is 1. The fourth-order valence-corrected chi connectivity index (χ4v) is 2.45. The molecule has 0 radical (unpaired) electrons. The van der Waals surface area contributed by atoms with E-state index in [-0.39, 0.29) is 10.6 Å². The Hall–Kier alpha value is -1.83. The molecule has 0 spiro atoms. The first-order valence-corrected chi connectivity index (χ1v) is 7.60. The number of nitro groups is 1. The minimum absolute atomic E-state index is 0.109. The van der Waals surface area contributed by atoms with E-state index in [0.717, 1.165) is 28.0 Å². The summed E-state index contributed by atoms with van der Waals surface area (Å²) in [6, 6.07) is 14.5. The first-order chi connectivity index (χ1) is 10.2. The van der Waals surface area contributed by atoms with Crippen molar-refractivity contribution in [2.24, 2.45) is 0 Å². The van der Waals surface area contributed by atoms with Crippen molar-refractivity contribution in [2.45, 2.75) is 6.42 Å². The van der Waals surface area contributed by atoms with Crippen molar-refractivity contribution in [1.82, 2.24) is 0 Å². The summed E-state index contributed by atoms with van der Waals surface area (Å²) in [5.74, 6) is 0.863. The molecule has 0 heterocycles. The van der Waals surface area contributed by atoms with Gasteiger partial charge in [0.25, 0.3) is 5.69 Å². The Kier molecular flexibility index (Phi) is 5.79. The van der Waals surface area contributed by atoms with Crippen molar-refractivity contribution in [3.05, 3.63) is 62.2 Å². The van der Waals surface area contributed by atoms with Crippen LogP contribution in [0.15, 0.2) is 48.5 Å². The van der Waals surface area contributed by atoms with Crippen molar-refractivity contribution < 1.29 is 9.66 Å². The molecule has 0 aliphatic carbocycles.